The number of unbranched alkanes of at least 4 members (excludes halogenated alkanes) is 1. The Labute approximate surface area is 103 Å². The number of hydrogen-bond acceptors (Lipinski definition) is 3. The third-order valence-electron chi connectivity index (χ3n) is 2.90. The van der Waals surface area contributed by atoms with Crippen LogP contribution in [0.4, 0.5) is 0 Å². The molecule has 1 aliphatic heterocycles. The molecule has 0 aromatic carbocycles. The fourth-order valence-corrected chi connectivity index (χ4v) is 7.27. The van der Waals surface area contributed by atoms with Crippen LogP contribution in [-0.2, 0) is 4.57 Å². The maximum atomic E-state index is 12.4. The highest BCUT2D eigenvalue weighted by molar-refractivity contribution is 8.02. The lowest BCUT2D eigenvalue weighted by atomic mass is 10.2. The lowest BCUT2D eigenvalue weighted by molar-refractivity contribution is 0.414. The molecule has 0 bridgehead atoms. The number of rotatable bonds is 4. The summed E-state index contributed by atoms with van der Waals surface area (Å²) in [4.78, 5) is 10.1. The highest BCUT2D eigenvalue weighted by atomic mass is 32.2. The SMILES string of the molecule is CCCCP(=O)(O)C1NC(C)(C)SC1(C)C. The monoisotopic (exact) mass is 265 g/mol. The van der Waals surface area contributed by atoms with Crippen molar-refractivity contribution in [3.05, 3.63) is 0 Å². The van der Waals surface area contributed by atoms with Crippen LogP contribution in [0.1, 0.15) is 47.5 Å². The maximum Gasteiger partial charge on any atom is 0.218 e. The minimum atomic E-state index is -3.09. The zero-order valence-corrected chi connectivity index (χ0v) is 12.6. The van der Waals surface area contributed by atoms with E-state index in [1.54, 1.807) is 11.8 Å². The molecule has 0 aromatic rings. The van der Waals surface area contributed by atoms with Gasteiger partial charge in [-0.05, 0) is 34.1 Å². The Morgan fingerprint density at radius 1 is 1.38 bits per heavy atom. The Morgan fingerprint density at radius 2 is 1.94 bits per heavy atom. The summed E-state index contributed by atoms with van der Waals surface area (Å²) in [5.41, 5.74) is 0. The smallest absolute Gasteiger partial charge is 0.218 e. The first-order valence-electron chi connectivity index (χ1n) is 5.90. The molecular formula is C11H24NO2PS. The van der Waals surface area contributed by atoms with E-state index >= 15 is 0 Å². The van der Waals surface area contributed by atoms with Gasteiger partial charge in [0, 0.05) is 10.9 Å². The summed E-state index contributed by atoms with van der Waals surface area (Å²) in [6.07, 6.45) is 2.22. The van der Waals surface area contributed by atoms with Crippen LogP contribution in [0.15, 0.2) is 0 Å². The van der Waals surface area contributed by atoms with Gasteiger partial charge in [-0.2, -0.15) is 0 Å². The van der Waals surface area contributed by atoms with Gasteiger partial charge in [-0.25, -0.2) is 0 Å². The van der Waals surface area contributed by atoms with E-state index in [1.807, 2.05) is 6.92 Å². The third kappa shape index (κ3) is 3.25. The van der Waals surface area contributed by atoms with Gasteiger partial charge in [-0.1, -0.05) is 13.3 Å². The van der Waals surface area contributed by atoms with E-state index in [1.165, 1.54) is 0 Å². The molecule has 3 nitrogen and oxygen atoms in total. The number of hydrogen-bond donors (Lipinski definition) is 2. The predicted molar refractivity (Wildman–Crippen MR) is 72.3 cm³/mol. The maximum absolute atomic E-state index is 12.4. The second-order valence-corrected chi connectivity index (χ2v) is 10.3. The molecule has 0 aliphatic carbocycles. The normalized spacial score (nSPS) is 31.2. The molecule has 2 N–H and O–H groups in total. The van der Waals surface area contributed by atoms with E-state index in [0.29, 0.717) is 6.16 Å². The van der Waals surface area contributed by atoms with Crippen molar-refractivity contribution in [1.82, 2.24) is 5.32 Å². The zero-order chi connectivity index (χ0) is 12.6. The second kappa shape index (κ2) is 4.64. The molecule has 1 aliphatic rings. The lowest BCUT2D eigenvalue weighted by Gasteiger charge is -2.29. The first kappa shape index (κ1) is 14.6. The Morgan fingerprint density at radius 3 is 2.31 bits per heavy atom. The summed E-state index contributed by atoms with van der Waals surface area (Å²) in [7, 11) is -3.09. The minimum Gasteiger partial charge on any atom is -0.343 e. The van der Waals surface area contributed by atoms with Gasteiger partial charge in [0.25, 0.3) is 0 Å². The molecule has 0 saturated carbocycles. The molecule has 2 atom stereocenters. The van der Waals surface area contributed by atoms with Gasteiger partial charge in [0.05, 0.1) is 10.7 Å². The fourth-order valence-electron chi connectivity index (χ4n) is 2.35. The average Bonchev–Trinajstić information content (AvgIpc) is 2.31. The van der Waals surface area contributed by atoms with Crippen LogP contribution >= 0.6 is 19.1 Å². The van der Waals surface area contributed by atoms with Gasteiger partial charge in [-0.15, -0.1) is 11.8 Å². The summed E-state index contributed by atoms with van der Waals surface area (Å²) in [5, 5.41) is 3.32. The van der Waals surface area contributed by atoms with Crippen molar-refractivity contribution in [1.29, 1.82) is 0 Å². The van der Waals surface area contributed by atoms with Gasteiger partial charge >= 0.3 is 0 Å². The van der Waals surface area contributed by atoms with Gasteiger partial charge < -0.3 is 4.89 Å². The molecule has 96 valence electrons. The molecule has 2 unspecified atom stereocenters. The summed E-state index contributed by atoms with van der Waals surface area (Å²) < 4.78 is 12.2. The van der Waals surface area contributed by atoms with E-state index in [9.17, 15) is 9.46 Å². The number of thioether (sulfide) groups is 1. The minimum absolute atomic E-state index is 0.112. The molecule has 16 heavy (non-hydrogen) atoms. The van der Waals surface area contributed by atoms with Crippen molar-refractivity contribution in [2.75, 3.05) is 6.16 Å². The largest absolute Gasteiger partial charge is 0.343 e. The quantitative estimate of drug-likeness (QED) is 0.766. The summed E-state index contributed by atoms with van der Waals surface area (Å²) in [6, 6.07) is 0. The Kier molecular flexibility index (Phi) is 4.22. The van der Waals surface area contributed by atoms with Crippen LogP contribution in [0.5, 0.6) is 0 Å². The van der Waals surface area contributed by atoms with Gasteiger partial charge in [-0.3, -0.25) is 9.88 Å². The third-order valence-corrected chi connectivity index (χ3v) is 7.00. The van der Waals surface area contributed by atoms with Crippen molar-refractivity contribution >= 4 is 19.1 Å². The molecule has 1 saturated heterocycles. The predicted octanol–water partition coefficient (Wildman–Crippen LogP) is 3.23. The Balaban J connectivity index is 2.83. The topological polar surface area (TPSA) is 49.3 Å². The van der Waals surface area contributed by atoms with E-state index in [4.69, 9.17) is 0 Å². The van der Waals surface area contributed by atoms with Crippen molar-refractivity contribution in [2.45, 2.75) is 62.9 Å². The first-order chi connectivity index (χ1) is 7.11. The molecule has 0 aromatic heterocycles. The average molecular weight is 265 g/mol. The van der Waals surface area contributed by atoms with Crippen LogP contribution in [0.25, 0.3) is 0 Å². The van der Waals surface area contributed by atoms with E-state index in [0.717, 1.165) is 12.8 Å². The van der Waals surface area contributed by atoms with Crippen molar-refractivity contribution in [3.8, 4) is 0 Å². The van der Waals surface area contributed by atoms with Crippen LogP contribution in [0.3, 0.4) is 0 Å². The molecule has 1 heterocycles. The Bertz CT molecular complexity index is 304. The van der Waals surface area contributed by atoms with Gasteiger partial charge in [0.2, 0.25) is 7.37 Å². The van der Waals surface area contributed by atoms with Crippen LogP contribution in [-0.4, -0.2) is 26.5 Å². The summed E-state index contributed by atoms with van der Waals surface area (Å²) >= 11 is 1.75. The number of nitrogens with one attached hydrogen (secondary N) is 1. The van der Waals surface area contributed by atoms with Crippen LogP contribution < -0.4 is 5.32 Å². The summed E-state index contributed by atoms with van der Waals surface area (Å²) in [5.74, 6) is -0.286. The van der Waals surface area contributed by atoms with Crippen LogP contribution in [0.2, 0.25) is 0 Å². The molecule has 0 spiro atoms. The van der Waals surface area contributed by atoms with Crippen LogP contribution in [0, 0.1) is 0 Å². The van der Waals surface area contributed by atoms with E-state index in [2.05, 4.69) is 33.0 Å². The van der Waals surface area contributed by atoms with Gasteiger partial charge in [0.15, 0.2) is 0 Å². The molecule has 0 amide bonds. The van der Waals surface area contributed by atoms with Crippen molar-refractivity contribution in [3.63, 3.8) is 0 Å². The summed E-state index contributed by atoms with van der Waals surface area (Å²) in [6.45, 7) is 10.3. The highest BCUT2D eigenvalue weighted by Crippen LogP contribution is 2.59. The fraction of sp³-hybridized carbons (Fsp3) is 1.00. The molecule has 0 radical (unpaired) electrons. The van der Waals surface area contributed by atoms with Crippen molar-refractivity contribution < 1.29 is 9.46 Å². The lowest BCUT2D eigenvalue weighted by Crippen LogP contribution is -2.41. The molecule has 5 heteroatoms. The van der Waals surface area contributed by atoms with Crippen molar-refractivity contribution in [2.24, 2.45) is 0 Å². The molecular weight excluding hydrogens is 241 g/mol. The van der Waals surface area contributed by atoms with Gasteiger partial charge in [0.1, 0.15) is 0 Å². The first-order valence-corrected chi connectivity index (χ1v) is 8.63. The molecule has 1 rings (SSSR count). The second-order valence-electron chi connectivity index (χ2n) is 5.60. The Hall–Kier alpha value is 0.500. The highest BCUT2D eigenvalue weighted by Gasteiger charge is 2.52. The zero-order valence-electron chi connectivity index (χ0n) is 10.9. The standard InChI is InChI=1S/C11H24NO2PS/c1-6-7-8-15(13,14)9-10(2,3)16-11(4,5)12-9/h9,12H,6-8H2,1-5H3,(H,13,14). The molecule has 1 fully saturated rings. The van der Waals surface area contributed by atoms with E-state index in [-0.39, 0.29) is 15.4 Å². The van der Waals surface area contributed by atoms with E-state index < -0.39 is 7.37 Å².